The fourth-order valence-electron chi connectivity index (χ4n) is 6.92. The molecule has 0 fully saturated rings. The van der Waals surface area contributed by atoms with Gasteiger partial charge in [0.25, 0.3) is 0 Å². The second-order valence-corrected chi connectivity index (χ2v) is 13.0. The first-order chi connectivity index (χ1) is 21.9. The Morgan fingerprint density at radius 2 is 1.59 bits per heavy atom. The molecule has 1 atom stereocenters. The Morgan fingerprint density at radius 1 is 0.957 bits per heavy atom. The number of carbonyl (C=O) groups excluding carboxylic acids is 1. The van der Waals surface area contributed by atoms with Crippen LogP contribution in [0.4, 0.5) is 4.39 Å². The molecule has 1 aliphatic rings. The van der Waals surface area contributed by atoms with E-state index in [0.717, 1.165) is 61.0 Å². The van der Waals surface area contributed by atoms with Gasteiger partial charge >= 0.3 is 0 Å². The van der Waals surface area contributed by atoms with Gasteiger partial charge in [0.2, 0.25) is 5.91 Å². The SMILES string of the molecule is COc1cc2c(cc1Br)C(C)N(CCCC(CCCNC(=O)CCc1ccc(F)cc1)(c1ccccc1)c1ccccc1)CC2.Cl. The number of ether oxygens (including phenoxy) is 1. The molecule has 46 heavy (non-hydrogen) atoms. The van der Waals surface area contributed by atoms with Crippen molar-refractivity contribution in [2.45, 2.75) is 63.3 Å². The van der Waals surface area contributed by atoms with E-state index in [1.807, 2.05) is 0 Å². The smallest absolute Gasteiger partial charge is 0.220 e. The number of nitrogens with zero attached hydrogens (tertiary/aromatic N) is 1. The minimum Gasteiger partial charge on any atom is -0.496 e. The first-order valence-electron chi connectivity index (χ1n) is 16.1. The number of carbonyl (C=O) groups is 1. The predicted molar refractivity (Wildman–Crippen MR) is 191 cm³/mol. The Labute approximate surface area is 288 Å². The maximum Gasteiger partial charge on any atom is 0.220 e. The Morgan fingerprint density at radius 3 is 2.22 bits per heavy atom. The maximum atomic E-state index is 13.2. The summed E-state index contributed by atoms with van der Waals surface area (Å²) in [5.41, 5.74) is 6.22. The van der Waals surface area contributed by atoms with Gasteiger partial charge in [-0.2, -0.15) is 0 Å². The number of rotatable bonds is 14. The number of fused-ring (bicyclic) bond motifs is 1. The minimum absolute atomic E-state index is 0. The summed E-state index contributed by atoms with van der Waals surface area (Å²) in [4.78, 5) is 15.3. The molecule has 1 N–H and O–H groups in total. The number of hydrogen-bond acceptors (Lipinski definition) is 3. The number of hydrogen-bond donors (Lipinski definition) is 1. The van der Waals surface area contributed by atoms with Gasteiger partial charge in [-0.05, 0) is 120 Å². The predicted octanol–water partition coefficient (Wildman–Crippen LogP) is 9.23. The van der Waals surface area contributed by atoms with Gasteiger partial charge in [-0.1, -0.05) is 72.8 Å². The lowest BCUT2D eigenvalue weighted by Crippen LogP contribution is -2.36. The minimum atomic E-state index is -0.256. The number of halogens is 3. The molecule has 4 nitrogen and oxygen atoms in total. The lowest BCUT2D eigenvalue weighted by atomic mass is 9.68. The molecule has 7 heteroatoms. The molecule has 1 amide bonds. The average molecular weight is 708 g/mol. The van der Waals surface area contributed by atoms with Gasteiger partial charge in [0.1, 0.15) is 11.6 Å². The van der Waals surface area contributed by atoms with E-state index in [0.29, 0.717) is 25.4 Å². The van der Waals surface area contributed by atoms with Crippen molar-refractivity contribution in [1.82, 2.24) is 10.2 Å². The van der Waals surface area contributed by atoms with Crippen LogP contribution in [0.3, 0.4) is 0 Å². The molecule has 0 aliphatic carbocycles. The summed E-state index contributed by atoms with van der Waals surface area (Å²) < 4.78 is 19.8. The molecule has 244 valence electrons. The van der Waals surface area contributed by atoms with Crippen LogP contribution in [0.1, 0.15) is 72.9 Å². The summed E-state index contributed by atoms with van der Waals surface area (Å²) >= 11 is 3.69. The molecule has 0 bridgehead atoms. The third-order valence-corrected chi connectivity index (χ3v) is 10.1. The number of benzene rings is 4. The van der Waals surface area contributed by atoms with Crippen LogP contribution in [0, 0.1) is 5.82 Å². The van der Waals surface area contributed by atoms with Crippen molar-refractivity contribution >= 4 is 34.2 Å². The summed E-state index contributed by atoms with van der Waals surface area (Å²) in [5, 5.41) is 3.14. The number of amides is 1. The van der Waals surface area contributed by atoms with Gasteiger partial charge in [-0.3, -0.25) is 9.69 Å². The molecule has 0 saturated heterocycles. The summed E-state index contributed by atoms with van der Waals surface area (Å²) in [6.45, 7) is 5.00. The van der Waals surface area contributed by atoms with E-state index < -0.39 is 0 Å². The Hall–Kier alpha value is -3.19. The topological polar surface area (TPSA) is 41.6 Å². The van der Waals surface area contributed by atoms with Gasteiger partial charge in [0, 0.05) is 31.0 Å². The molecule has 1 unspecified atom stereocenters. The Balaban J connectivity index is 0.00000480. The van der Waals surface area contributed by atoms with E-state index >= 15 is 0 Å². The van der Waals surface area contributed by atoms with Crippen LogP contribution in [-0.2, 0) is 23.1 Å². The highest BCUT2D eigenvalue weighted by Gasteiger charge is 2.34. The Kier molecular flexibility index (Phi) is 13.3. The van der Waals surface area contributed by atoms with Crippen LogP contribution in [0.5, 0.6) is 5.75 Å². The van der Waals surface area contributed by atoms with Crippen molar-refractivity contribution in [2.24, 2.45) is 0 Å². The number of aryl methyl sites for hydroxylation is 1. The summed E-state index contributed by atoms with van der Waals surface area (Å²) in [5.74, 6) is 0.676. The lowest BCUT2D eigenvalue weighted by Gasteiger charge is -2.39. The van der Waals surface area contributed by atoms with Crippen LogP contribution in [0.25, 0.3) is 0 Å². The van der Waals surface area contributed by atoms with Crippen LogP contribution in [0.2, 0.25) is 0 Å². The highest BCUT2D eigenvalue weighted by molar-refractivity contribution is 9.10. The molecule has 0 spiro atoms. The zero-order chi connectivity index (χ0) is 31.6. The third-order valence-electron chi connectivity index (χ3n) is 9.44. The molecule has 4 aromatic carbocycles. The molecule has 1 heterocycles. The highest BCUT2D eigenvalue weighted by Crippen LogP contribution is 2.42. The fraction of sp³-hybridized carbons (Fsp3) is 0.359. The molecular formula is C39H45BrClFN2O2. The van der Waals surface area contributed by atoms with Crippen molar-refractivity contribution < 1.29 is 13.9 Å². The Bertz CT molecular complexity index is 1500. The molecule has 5 rings (SSSR count). The monoisotopic (exact) mass is 706 g/mol. The van der Waals surface area contributed by atoms with Gasteiger partial charge in [0.15, 0.2) is 0 Å². The second kappa shape index (κ2) is 17.1. The van der Waals surface area contributed by atoms with Gasteiger partial charge in [-0.25, -0.2) is 4.39 Å². The van der Waals surface area contributed by atoms with E-state index in [9.17, 15) is 9.18 Å². The zero-order valence-corrected chi connectivity index (χ0v) is 29.2. The van der Waals surface area contributed by atoms with Crippen LogP contribution >= 0.6 is 28.3 Å². The van der Waals surface area contributed by atoms with Crippen molar-refractivity contribution in [3.05, 3.63) is 135 Å². The van der Waals surface area contributed by atoms with Gasteiger partial charge in [0.05, 0.1) is 11.6 Å². The third kappa shape index (κ3) is 8.78. The molecule has 0 radical (unpaired) electrons. The van der Waals surface area contributed by atoms with Crippen LogP contribution in [0.15, 0.2) is 102 Å². The van der Waals surface area contributed by atoms with Crippen molar-refractivity contribution in [2.75, 3.05) is 26.7 Å². The summed E-state index contributed by atoms with van der Waals surface area (Å²) in [7, 11) is 1.72. The summed E-state index contributed by atoms with van der Waals surface area (Å²) in [6.07, 6.45) is 5.90. The van der Waals surface area contributed by atoms with Crippen LogP contribution < -0.4 is 10.1 Å². The van der Waals surface area contributed by atoms with E-state index in [2.05, 4.69) is 106 Å². The maximum absolute atomic E-state index is 13.2. The molecule has 1 aliphatic heterocycles. The largest absolute Gasteiger partial charge is 0.496 e. The molecule has 0 aromatic heterocycles. The lowest BCUT2D eigenvalue weighted by molar-refractivity contribution is -0.121. The van der Waals surface area contributed by atoms with E-state index in [-0.39, 0.29) is 29.5 Å². The summed E-state index contributed by atoms with van der Waals surface area (Å²) in [6, 6.07) is 32.9. The number of nitrogens with one attached hydrogen (secondary N) is 1. The van der Waals surface area contributed by atoms with Crippen molar-refractivity contribution in [3.8, 4) is 5.75 Å². The molecule has 4 aromatic rings. The van der Waals surface area contributed by atoms with E-state index in [4.69, 9.17) is 4.74 Å². The van der Waals surface area contributed by atoms with E-state index in [1.165, 1.54) is 34.4 Å². The van der Waals surface area contributed by atoms with Crippen LogP contribution in [-0.4, -0.2) is 37.6 Å². The second-order valence-electron chi connectivity index (χ2n) is 12.1. The van der Waals surface area contributed by atoms with E-state index in [1.54, 1.807) is 19.2 Å². The average Bonchev–Trinajstić information content (AvgIpc) is 3.07. The normalized spacial score (nSPS) is 14.7. The first kappa shape index (κ1) is 35.7. The van der Waals surface area contributed by atoms with Crippen molar-refractivity contribution in [3.63, 3.8) is 0 Å². The fourth-order valence-corrected chi connectivity index (χ4v) is 7.44. The highest BCUT2D eigenvalue weighted by atomic mass is 79.9. The quantitative estimate of drug-likeness (QED) is 0.133. The van der Waals surface area contributed by atoms with Crippen molar-refractivity contribution in [1.29, 1.82) is 0 Å². The zero-order valence-electron chi connectivity index (χ0n) is 26.8. The standard InChI is InChI=1S/C39H44BrFN2O2.ClH/c1-29-35-28-36(40)37(45-2)27-31(35)21-26-43(29)25-10-23-39(32-11-5-3-6-12-32,33-13-7-4-8-14-33)22-9-24-42-38(44)20-17-30-15-18-34(41)19-16-30;/h3-8,11-16,18-19,27-29H,9-10,17,20-26H2,1-2H3,(H,42,44);1H. The molecular weight excluding hydrogens is 663 g/mol. The number of methoxy groups -OCH3 is 1. The van der Waals surface area contributed by atoms with Gasteiger partial charge in [-0.15, -0.1) is 12.4 Å². The molecule has 0 saturated carbocycles. The first-order valence-corrected chi connectivity index (χ1v) is 16.9. The van der Waals surface area contributed by atoms with Gasteiger partial charge < -0.3 is 10.1 Å².